The van der Waals surface area contributed by atoms with Gasteiger partial charge in [0, 0.05) is 18.7 Å². The van der Waals surface area contributed by atoms with Crippen molar-refractivity contribution in [3.63, 3.8) is 0 Å². The minimum atomic E-state index is -0.413. The number of carbonyl (C=O) groups excluding carboxylic acids is 1. The van der Waals surface area contributed by atoms with Crippen molar-refractivity contribution >= 4 is 16.9 Å². The molecule has 0 unspecified atom stereocenters. The highest BCUT2D eigenvalue weighted by molar-refractivity contribution is 5.94. The van der Waals surface area contributed by atoms with E-state index in [1.165, 1.54) is 12.1 Å². The number of aromatic nitrogens is 2. The van der Waals surface area contributed by atoms with Gasteiger partial charge in [-0.2, -0.15) is 0 Å². The standard InChI is InChI=1S/C22H24FN3O/c1-4-12-26-20-11-6-5-10-19(20)24-21(26)15-25(14-16(2)3)22(27)17-8-7-9-18(23)13-17/h4-11,13,16H,1,12,14-15H2,2-3H3. The van der Waals surface area contributed by atoms with Gasteiger partial charge in [-0.05, 0) is 36.2 Å². The molecule has 0 atom stereocenters. The van der Waals surface area contributed by atoms with Crippen molar-refractivity contribution in [2.24, 2.45) is 5.92 Å². The molecule has 5 heteroatoms. The maximum Gasteiger partial charge on any atom is 0.254 e. The normalized spacial score (nSPS) is 11.1. The Hall–Kier alpha value is -2.95. The quantitative estimate of drug-likeness (QED) is 0.571. The van der Waals surface area contributed by atoms with Gasteiger partial charge in [0.25, 0.3) is 5.91 Å². The molecule has 0 spiro atoms. The number of para-hydroxylation sites is 2. The molecule has 27 heavy (non-hydrogen) atoms. The van der Waals surface area contributed by atoms with Crippen LogP contribution in [0, 0.1) is 11.7 Å². The van der Waals surface area contributed by atoms with Gasteiger partial charge in [0.05, 0.1) is 17.6 Å². The van der Waals surface area contributed by atoms with E-state index in [4.69, 9.17) is 4.98 Å². The van der Waals surface area contributed by atoms with Crippen LogP contribution in [0.15, 0.2) is 61.2 Å². The molecular weight excluding hydrogens is 341 g/mol. The van der Waals surface area contributed by atoms with E-state index in [2.05, 4.69) is 25.0 Å². The monoisotopic (exact) mass is 365 g/mol. The first-order valence-electron chi connectivity index (χ1n) is 9.09. The summed E-state index contributed by atoms with van der Waals surface area (Å²) in [5, 5.41) is 0. The SMILES string of the molecule is C=CCn1c(CN(CC(C)C)C(=O)c2cccc(F)c2)nc2ccccc21. The molecule has 0 N–H and O–H groups in total. The molecule has 4 nitrogen and oxygen atoms in total. The maximum atomic E-state index is 13.6. The summed E-state index contributed by atoms with van der Waals surface area (Å²) in [6.07, 6.45) is 1.82. The fourth-order valence-electron chi connectivity index (χ4n) is 3.21. The number of fused-ring (bicyclic) bond motifs is 1. The second-order valence-electron chi connectivity index (χ2n) is 7.01. The molecular formula is C22H24FN3O. The first-order valence-corrected chi connectivity index (χ1v) is 9.09. The highest BCUT2D eigenvalue weighted by Gasteiger charge is 2.21. The minimum absolute atomic E-state index is 0.194. The van der Waals surface area contributed by atoms with Crippen molar-refractivity contribution < 1.29 is 9.18 Å². The average molecular weight is 365 g/mol. The topological polar surface area (TPSA) is 38.1 Å². The van der Waals surface area contributed by atoms with E-state index in [-0.39, 0.29) is 11.8 Å². The number of rotatable bonds is 7. The van der Waals surface area contributed by atoms with Gasteiger partial charge < -0.3 is 9.47 Å². The second-order valence-corrected chi connectivity index (χ2v) is 7.01. The van der Waals surface area contributed by atoms with Gasteiger partial charge in [0.15, 0.2) is 0 Å². The van der Waals surface area contributed by atoms with Gasteiger partial charge in [-0.3, -0.25) is 4.79 Å². The van der Waals surface area contributed by atoms with Crippen molar-refractivity contribution in [3.05, 3.63) is 78.4 Å². The van der Waals surface area contributed by atoms with Crippen LogP contribution in [0.4, 0.5) is 4.39 Å². The fourth-order valence-corrected chi connectivity index (χ4v) is 3.21. The largest absolute Gasteiger partial charge is 0.331 e. The summed E-state index contributed by atoms with van der Waals surface area (Å²) in [4.78, 5) is 19.5. The molecule has 1 aromatic heterocycles. The Morgan fingerprint density at radius 3 is 2.74 bits per heavy atom. The van der Waals surface area contributed by atoms with Crippen LogP contribution >= 0.6 is 0 Å². The number of hydrogen-bond donors (Lipinski definition) is 0. The number of hydrogen-bond acceptors (Lipinski definition) is 2. The van der Waals surface area contributed by atoms with E-state index >= 15 is 0 Å². The molecule has 0 bridgehead atoms. The number of halogens is 1. The second kappa shape index (κ2) is 8.16. The summed E-state index contributed by atoms with van der Waals surface area (Å²) in [7, 11) is 0. The molecule has 1 heterocycles. The number of allylic oxidation sites excluding steroid dienone is 1. The summed E-state index contributed by atoms with van der Waals surface area (Å²) in [5.41, 5.74) is 2.24. The molecule has 1 amide bonds. The molecule has 3 rings (SSSR count). The predicted molar refractivity (Wildman–Crippen MR) is 106 cm³/mol. The summed E-state index contributed by atoms with van der Waals surface area (Å²) in [6.45, 7) is 9.47. The average Bonchev–Trinajstić information content (AvgIpc) is 2.98. The van der Waals surface area contributed by atoms with Gasteiger partial charge in [0.2, 0.25) is 0 Å². The zero-order valence-electron chi connectivity index (χ0n) is 15.7. The lowest BCUT2D eigenvalue weighted by Gasteiger charge is -2.25. The zero-order valence-corrected chi connectivity index (χ0v) is 15.7. The molecule has 0 aliphatic rings. The van der Waals surface area contributed by atoms with Gasteiger partial charge in [0.1, 0.15) is 11.6 Å². The number of carbonyl (C=O) groups is 1. The molecule has 0 fully saturated rings. The van der Waals surface area contributed by atoms with Crippen molar-refractivity contribution in [3.8, 4) is 0 Å². The van der Waals surface area contributed by atoms with E-state index in [1.807, 2.05) is 30.3 Å². The fraction of sp³-hybridized carbons (Fsp3) is 0.273. The third-order valence-corrected chi connectivity index (χ3v) is 4.32. The van der Waals surface area contributed by atoms with Crippen LogP contribution in [0.25, 0.3) is 11.0 Å². The molecule has 0 saturated heterocycles. The Kier molecular flexibility index (Phi) is 5.69. The smallest absolute Gasteiger partial charge is 0.254 e. The number of nitrogens with zero attached hydrogens (tertiary/aromatic N) is 3. The molecule has 0 aliphatic carbocycles. The van der Waals surface area contributed by atoms with Crippen LogP contribution in [-0.2, 0) is 13.1 Å². The van der Waals surface area contributed by atoms with E-state index in [9.17, 15) is 9.18 Å². The first kappa shape index (κ1) is 18.8. The van der Waals surface area contributed by atoms with Crippen LogP contribution < -0.4 is 0 Å². The lowest BCUT2D eigenvalue weighted by atomic mass is 10.1. The van der Waals surface area contributed by atoms with E-state index < -0.39 is 5.82 Å². The van der Waals surface area contributed by atoms with E-state index in [0.717, 1.165) is 16.9 Å². The third-order valence-electron chi connectivity index (χ3n) is 4.32. The number of benzene rings is 2. The molecule has 140 valence electrons. The lowest BCUT2D eigenvalue weighted by molar-refractivity contribution is 0.0716. The third kappa shape index (κ3) is 4.25. The Bertz CT molecular complexity index is 961. The minimum Gasteiger partial charge on any atom is -0.331 e. The molecule has 0 saturated carbocycles. The van der Waals surface area contributed by atoms with Crippen molar-refractivity contribution in [1.29, 1.82) is 0 Å². The maximum absolute atomic E-state index is 13.6. The lowest BCUT2D eigenvalue weighted by Crippen LogP contribution is -2.34. The van der Waals surface area contributed by atoms with E-state index in [0.29, 0.717) is 25.2 Å². The van der Waals surface area contributed by atoms with Crippen LogP contribution in [0.2, 0.25) is 0 Å². The summed E-state index contributed by atoms with van der Waals surface area (Å²) in [5.74, 6) is 0.464. The highest BCUT2D eigenvalue weighted by atomic mass is 19.1. The number of imidazole rings is 1. The summed E-state index contributed by atoms with van der Waals surface area (Å²) >= 11 is 0. The van der Waals surface area contributed by atoms with Gasteiger partial charge >= 0.3 is 0 Å². The first-order chi connectivity index (χ1) is 13.0. The van der Waals surface area contributed by atoms with E-state index in [1.54, 1.807) is 17.0 Å². The van der Waals surface area contributed by atoms with Crippen LogP contribution in [0.3, 0.4) is 0 Å². The summed E-state index contributed by atoms with van der Waals surface area (Å²) in [6, 6.07) is 13.7. The zero-order chi connectivity index (χ0) is 19.4. The Labute approximate surface area is 158 Å². The van der Waals surface area contributed by atoms with Crippen molar-refractivity contribution in [2.75, 3.05) is 6.54 Å². The van der Waals surface area contributed by atoms with Crippen LogP contribution in [-0.4, -0.2) is 26.9 Å². The molecule has 0 aliphatic heterocycles. The molecule has 2 aromatic carbocycles. The molecule has 3 aromatic rings. The number of amides is 1. The van der Waals surface area contributed by atoms with Crippen molar-refractivity contribution in [1.82, 2.24) is 14.5 Å². The Morgan fingerprint density at radius 2 is 2.04 bits per heavy atom. The Balaban J connectivity index is 1.97. The van der Waals surface area contributed by atoms with Gasteiger partial charge in [-0.25, -0.2) is 9.37 Å². The van der Waals surface area contributed by atoms with Gasteiger partial charge in [-0.15, -0.1) is 6.58 Å². The van der Waals surface area contributed by atoms with Crippen LogP contribution in [0.5, 0.6) is 0 Å². The Morgan fingerprint density at radius 1 is 1.26 bits per heavy atom. The highest BCUT2D eigenvalue weighted by Crippen LogP contribution is 2.19. The molecule has 0 radical (unpaired) electrons. The van der Waals surface area contributed by atoms with Gasteiger partial charge in [-0.1, -0.05) is 38.1 Å². The predicted octanol–water partition coefficient (Wildman–Crippen LogP) is 4.66. The van der Waals surface area contributed by atoms with Crippen LogP contribution in [0.1, 0.15) is 30.0 Å². The van der Waals surface area contributed by atoms with Crippen molar-refractivity contribution in [2.45, 2.75) is 26.9 Å². The summed E-state index contributed by atoms with van der Waals surface area (Å²) < 4.78 is 15.7.